The molecule has 4 atom stereocenters. The molecule has 172 valence electrons. The molecule has 7 nitrogen and oxygen atoms in total. The van der Waals surface area contributed by atoms with Crippen molar-refractivity contribution in [2.75, 3.05) is 13.2 Å². The van der Waals surface area contributed by atoms with Crippen LogP contribution in [0, 0.1) is 17.8 Å². The lowest BCUT2D eigenvalue weighted by Gasteiger charge is -2.17. The van der Waals surface area contributed by atoms with Gasteiger partial charge < -0.3 is 20.5 Å². The normalized spacial score (nSPS) is 25.1. The number of nitrogens with one attached hydrogen (secondary N) is 2. The van der Waals surface area contributed by atoms with E-state index in [4.69, 9.17) is 9.84 Å². The number of amides is 2. The Hall–Kier alpha value is -3.35. The first-order chi connectivity index (χ1) is 16.0. The number of carbonyl (C=O) groups is 3. The van der Waals surface area contributed by atoms with Crippen LogP contribution in [0.2, 0.25) is 0 Å². The van der Waals surface area contributed by atoms with Crippen LogP contribution < -0.4 is 10.6 Å². The minimum absolute atomic E-state index is 0.0160. The molecule has 3 aliphatic carbocycles. The molecule has 2 aromatic carbocycles. The Balaban J connectivity index is 1.09. The van der Waals surface area contributed by atoms with Gasteiger partial charge in [-0.1, -0.05) is 48.5 Å². The van der Waals surface area contributed by atoms with Crippen LogP contribution in [0.4, 0.5) is 4.79 Å². The number of fused-ring (bicyclic) bond motifs is 3. The summed E-state index contributed by atoms with van der Waals surface area (Å²) in [7, 11) is 0. The summed E-state index contributed by atoms with van der Waals surface area (Å²) >= 11 is 0. The summed E-state index contributed by atoms with van der Waals surface area (Å²) in [6, 6.07) is 16.3. The van der Waals surface area contributed by atoms with Crippen LogP contribution in [0.15, 0.2) is 48.5 Å². The van der Waals surface area contributed by atoms with Gasteiger partial charge in [0, 0.05) is 24.4 Å². The van der Waals surface area contributed by atoms with Gasteiger partial charge in [-0.15, -0.1) is 0 Å². The zero-order valence-corrected chi connectivity index (χ0v) is 18.3. The van der Waals surface area contributed by atoms with Crippen LogP contribution in [0.25, 0.3) is 11.1 Å². The molecule has 2 unspecified atom stereocenters. The lowest BCUT2D eigenvalue weighted by atomic mass is 9.98. The molecule has 0 bridgehead atoms. The van der Waals surface area contributed by atoms with Gasteiger partial charge in [-0.05, 0) is 53.9 Å². The molecule has 0 radical (unpaired) electrons. The van der Waals surface area contributed by atoms with E-state index in [2.05, 4.69) is 34.9 Å². The number of carbonyl (C=O) groups excluding carboxylic acids is 2. The Morgan fingerprint density at radius 3 is 2.24 bits per heavy atom. The van der Waals surface area contributed by atoms with Crippen molar-refractivity contribution in [3.05, 3.63) is 59.7 Å². The SMILES string of the molecule is O=C(N[C@H]1CC[C@@H](C(=O)NCC2CC2C(=O)O)C1)OCC1c2ccccc2-c2ccccc21. The Bertz CT molecular complexity index is 1040. The van der Waals surface area contributed by atoms with E-state index < -0.39 is 12.1 Å². The summed E-state index contributed by atoms with van der Waals surface area (Å²) in [5.41, 5.74) is 4.72. The van der Waals surface area contributed by atoms with Gasteiger partial charge in [0.1, 0.15) is 6.61 Å². The molecule has 0 saturated heterocycles. The van der Waals surface area contributed by atoms with Crippen molar-refractivity contribution in [1.29, 1.82) is 0 Å². The first-order valence-electron chi connectivity index (χ1n) is 11.6. The fraction of sp³-hybridized carbons (Fsp3) is 0.423. The Kier molecular flexibility index (Phi) is 5.79. The minimum atomic E-state index is -0.789. The molecule has 2 fully saturated rings. The molecule has 2 amide bonds. The number of carboxylic acids is 1. The first kappa shape index (κ1) is 21.5. The van der Waals surface area contributed by atoms with E-state index in [1.54, 1.807) is 0 Å². The second kappa shape index (κ2) is 8.89. The van der Waals surface area contributed by atoms with Gasteiger partial charge in [-0.25, -0.2) is 4.79 Å². The summed E-state index contributed by atoms with van der Waals surface area (Å²) in [5, 5.41) is 14.8. The Labute approximate surface area is 192 Å². The van der Waals surface area contributed by atoms with E-state index in [1.165, 1.54) is 22.3 Å². The number of hydrogen-bond acceptors (Lipinski definition) is 4. The van der Waals surface area contributed by atoms with Gasteiger partial charge in [0.25, 0.3) is 0 Å². The molecule has 2 aromatic rings. The maximum atomic E-state index is 12.5. The van der Waals surface area contributed by atoms with Crippen LogP contribution in [0.1, 0.15) is 42.7 Å². The molecule has 2 saturated carbocycles. The van der Waals surface area contributed by atoms with Crippen molar-refractivity contribution in [3.8, 4) is 11.1 Å². The molecule has 5 rings (SSSR count). The standard InChI is InChI=1S/C26H28N2O5/c29-24(27-13-16-12-22(16)25(30)31)15-9-10-17(11-15)28-26(32)33-14-23-20-7-3-1-5-18(20)19-6-2-4-8-21(19)23/h1-8,15-17,22-23H,9-14H2,(H,27,29)(H,28,32)(H,30,31)/t15-,16?,17+,22?/m1/s1. The molecule has 0 spiro atoms. The van der Waals surface area contributed by atoms with Crippen LogP contribution >= 0.6 is 0 Å². The number of hydrogen-bond donors (Lipinski definition) is 3. The van der Waals surface area contributed by atoms with Crippen LogP contribution in [-0.4, -0.2) is 42.3 Å². The summed E-state index contributed by atoms with van der Waals surface area (Å²) in [5.74, 6) is -1.27. The smallest absolute Gasteiger partial charge is 0.407 e. The fourth-order valence-corrected chi connectivity index (χ4v) is 5.31. The van der Waals surface area contributed by atoms with Gasteiger partial charge in [0.05, 0.1) is 5.92 Å². The maximum absolute atomic E-state index is 12.5. The summed E-state index contributed by atoms with van der Waals surface area (Å²) < 4.78 is 5.61. The molecule has 7 heteroatoms. The predicted molar refractivity (Wildman–Crippen MR) is 122 cm³/mol. The third-order valence-corrected chi connectivity index (χ3v) is 7.25. The summed E-state index contributed by atoms with van der Waals surface area (Å²) in [6.07, 6.45) is 2.18. The van der Waals surface area contributed by atoms with E-state index in [9.17, 15) is 14.4 Å². The highest BCUT2D eigenvalue weighted by atomic mass is 16.5. The maximum Gasteiger partial charge on any atom is 0.407 e. The third-order valence-electron chi connectivity index (χ3n) is 7.25. The number of carboxylic acid groups (broad SMARTS) is 1. The molecule has 0 aromatic heterocycles. The van der Waals surface area contributed by atoms with Crippen molar-refractivity contribution < 1.29 is 24.2 Å². The lowest BCUT2D eigenvalue weighted by Crippen LogP contribution is -2.36. The molecule has 0 aliphatic heterocycles. The van der Waals surface area contributed by atoms with Gasteiger partial charge in [-0.2, -0.15) is 0 Å². The van der Waals surface area contributed by atoms with Crippen LogP contribution in [0.5, 0.6) is 0 Å². The third kappa shape index (κ3) is 4.45. The summed E-state index contributed by atoms with van der Waals surface area (Å²) in [6.45, 7) is 0.680. The van der Waals surface area contributed by atoms with E-state index in [1.807, 2.05) is 24.3 Å². The largest absolute Gasteiger partial charge is 0.481 e. The van der Waals surface area contributed by atoms with Crippen molar-refractivity contribution >= 4 is 18.0 Å². The molecule has 33 heavy (non-hydrogen) atoms. The first-order valence-corrected chi connectivity index (χ1v) is 11.6. The molecular weight excluding hydrogens is 420 g/mol. The zero-order chi connectivity index (χ0) is 22.9. The number of benzene rings is 2. The van der Waals surface area contributed by atoms with Crippen LogP contribution in [0.3, 0.4) is 0 Å². The predicted octanol–water partition coefficient (Wildman–Crippen LogP) is 3.53. The average Bonchev–Trinajstić information content (AvgIpc) is 3.35. The van der Waals surface area contributed by atoms with Crippen molar-refractivity contribution in [2.24, 2.45) is 17.8 Å². The Morgan fingerprint density at radius 1 is 0.939 bits per heavy atom. The number of alkyl carbamates (subject to hydrolysis) is 1. The molecule has 0 heterocycles. The highest BCUT2D eigenvalue weighted by molar-refractivity contribution is 5.80. The van der Waals surface area contributed by atoms with Gasteiger partial charge in [0.15, 0.2) is 0 Å². The molecule has 3 N–H and O–H groups in total. The lowest BCUT2D eigenvalue weighted by molar-refractivity contribution is -0.139. The highest BCUT2D eigenvalue weighted by Gasteiger charge is 2.43. The topological polar surface area (TPSA) is 105 Å². The van der Waals surface area contributed by atoms with E-state index in [0.717, 1.165) is 6.42 Å². The minimum Gasteiger partial charge on any atom is -0.481 e. The second-order valence-electron chi connectivity index (χ2n) is 9.36. The van der Waals surface area contributed by atoms with Crippen molar-refractivity contribution in [2.45, 2.75) is 37.6 Å². The second-order valence-corrected chi connectivity index (χ2v) is 9.36. The Morgan fingerprint density at radius 2 is 1.61 bits per heavy atom. The van der Waals surface area contributed by atoms with Gasteiger partial charge >= 0.3 is 12.1 Å². The number of ether oxygens (including phenoxy) is 1. The van der Waals surface area contributed by atoms with E-state index in [-0.39, 0.29) is 42.2 Å². The van der Waals surface area contributed by atoms with E-state index in [0.29, 0.717) is 25.8 Å². The summed E-state index contributed by atoms with van der Waals surface area (Å²) in [4.78, 5) is 35.8. The van der Waals surface area contributed by atoms with Gasteiger partial charge in [0.2, 0.25) is 5.91 Å². The molecular formula is C26H28N2O5. The number of aliphatic carboxylic acids is 1. The van der Waals surface area contributed by atoms with Crippen LogP contribution in [-0.2, 0) is 14.3 Å². The fourth-order valence-electron chi connectivity index (χ4n) is 5.31. The van der Waals surface area contributed by atoms with Gasteiger partial charge in [-0.3, -0.25) is 9.59 Å². The highest BCUT2D eigenvalue weighted by Crippen LogP contribution is 2.44. The zero-order valence-electron chi connectivity index (χ0n) is 18.3. The average molecular weight is 449 g/mol. The molecule has 3 aliphatic rings. The monoisotopic (exact) mass is 448 g/mol. The van der Waals surface area contributed by atoms with E-state index >= 15 is 0 Å². The van der Waals surface area contributed by atoms with Crippen molar-refractivity contribution in [3.63, 3.8) is 0 Å². The number of rotatable bonds is 7. The quantitative estimate of drug-likeness (QED) is 0.601. The van der Waals surface area contributed by atoms with Crippen molar-refractivity contribution in [1.82, 2.24) is 10.6 Å².